The molecule has 3 rings (SSSR count). The van der Waals surface area contributed by atoms with Gasteiger partial charge in [-0.25, -0.2) is 0 Å². The molecule has 2 saturated heterocycles. The second-order valence-corrected chi connectivity index (χ2v) is 5.13. The van der Waals surface area contributed by atoms with E-state index in [4.69, 9.17) is 0 Å². The number of aromatic nitrogens is 2. The molecule has 6 heteroatoms. The van der Waals surface area contributed by atoms with Crippen molar-refractivity contribution >= 4 is 17.6 Å². The molecule has 0 aromatic carbocycles. The number of hydrogen-bond donors (Lipinski definition) is 1. The Morgan fingerprint density at radius 1 is 1.62 bits per heavy atom. The minimum Gasteiger partial charge on any atom is -0.334 e. The van der Waals surface area contributed by atoms with Crippen LogP contribution in [0.3, 0.4) is 0 Å². The van der Waals surface area contributed by atoms with Crippen molar-refractivity contribution in [1.82, 2.24) is 19.0 Å². The lowest BCUT2D eigenvalue weighted by Gasteiger charge is -2.23. The number of likely N-dealkylation sites (tertiary alicyclic amines) is 1. The van der Waals surface area contributed by atoms with Gasteiger partial charge in [-0.05, 0) is 18.8 Å². The Morgan fingerprint density at radius 2 is 2.50 bits per heavy atom. The fourth-order valence-corrected chi connectivity index (χ4v) is 3.25. The molecular formula is C10H14N4OS. The van der Waals surface area contributed by atoms with Crippen LogP contribution in [0.4, 0.5) is 0 Å². The molecule has 1 N–H and O–H groups in total. The van der Waals surface area contributed by atoms with Crippen LogP contribution >= 0.6 is 11.7 Å². The van der Waals surface area contributed by atoms with E-state index in [0.29, 0.717) is 23.6 Å². The summed E-state index contributed by atoms with van der Waals surface area (Å²) in [6.45, 7) is 5.06. The van der Waals surface area contributed by atoms with Gasteiger partial charge in [-0.3, -0.25) is 4.79 Å². The van der Waals surface area contributed by atoms with Crippen LogP contribution in [0.25, 0.3) is 0 Å². The maximum atomic E-state index is 12.2. The van der Waals surface area contributed by atoms with Gasteiger partial charge in [-0.1, -0.05) is 0 Å². The Hall–Kier alpha value is -1.01. The van der Waals surface area contributed by atoms with Gasteiger partial charge >= 0.3 is 0 Å². The van der Waals surface area contributed by atoms with Gasteiger partial charge in [0, 0.05) is 25.7 Å². The first-order valence-electron chi connectivity index (χ1n) is 5.56. The summed E-state index contributed by atoms with van der Waals surface area (Å²) >= 11 is 1.09. The number of rotatable bonds is 1. The van der Waals surface area contributed by atoms with E-state index in [1.54, 1.807) is 6.20 Å². The fourth-order valence-electron chi connectivity index (χ4n) is 2.84. The van der Waals surface area contributed by atoms with Gasteiger partial charge < -0.3 is 10.2 Å². The fraction of sp³-hybridized carbons (Fsp3) is 0.700. The lowest BCUT2D eigenvalue weighted by Crippen LogP contribution is -2.38. The number of amides is 1. The largest absolute Gasteiger partial charge is 0.334 e. The van der Waals surface area contributed by atoms with E-state index in [1.165, 1.54) is 0 Å². The van der Waals surface area contributed by atoms with Crippen molar-refractivity contribution in [3.63, 3.8) is 0 Å². The van der Waals surface area contributed by atoms with Gasteiger partial charge in [-0.15, -0.1) is 0 Å². The van der Waals surface area contributed by atoms with Crippen molar-refractivity contribution in [3.05, 3.63) is 11.9 Å². The standard InChI is InChI=1S/C10H14N4OS/c1-6-8-3-11-2-7(8)5-14(6)10(15)9-4-12-16-13-9/h4,6-8,11H,2-3,5H2,1H3. The van der Waals surface area contributed by atoms with Crippen molar-refractivity contribution in [3.8, 4) is 0 Å². The highest BCUT2D eigenvalue weighted by Gasteiger charge is 2.44. The van der Waals surface area contributed by atoms with E-state index in [-0.39, 0.29) is 5.91 Å². The minimum atomic E-state index is 0.0376. The van der Waals surface area contributed by atoms with Crippen LogP contribution < -0.4 is 5.32 Å². The van der Waals surface area contributed by atoms with Crippen LogP contribution in [0.15, 0.2) is 6.20 Å². The van der Waals surface area contributed by atoms with Crippen LogP contribution in [-0.2, 0) is 0 Å². The zero-order valence-corrected chi connectivity index (χ0v) is 9.91. The summed E-state index contributed by atoms with van der Waals surface area (Å²) in [4.78, 5) is 14.1. The van der Waals surface area contributed by atoms with Crippen molar-refractivity contribution in [2.75, 3.05) is 19.6 Å². The number of carbonyl (C=O) groups is 1. The molecule has 2 aliphatic rings. The summed E-state index contributed by atoms with van der Waals surface area (Å²) in [5.74, 6) is 1.26. The average Bonchev–Trinajstić information content (AvgIpc) is 2.95. The average molecular weight is 238 g/mol. The van der Waals surface area contributed by atoms with E-state index < -0.39 is 0 Å². The van der Waals surface area contributed by atoms with Gasteiger partial charge in [0.15, 0.2) is 5.69 Å². The molecule has 1 aromatic heterocycles. The van der Waals surface area contributed by atoms with Crippen LogP contribution in [-0.4, -0.2) is 45.2 Å². The number of carbonyl (C=O) groups excluding carboxylic acids is 1. The second kappa shape index (κ2) is 3.78. The molecule has 0 radical (unpaired) electrons. The maximum absolute atomic E-state index is 12.2. The smallest absolute Gasteiger partial charge is 0.275 e. The molecule has 0 bridgehead atoms. The SMILES string of the molecule is CC1C2CNCC2CN1C(=O)c1cnsn1. The molecule has 3 unspecified atom stereocenters. The summed E-state index contributed by atoms with van der Waals surface area (Å²) in [7, 11) is 0. The van der Waals surface area contributed by atoms with Crippen LogP contribution in [0.2, 0.25) is 0 Å². The predicted molar refractivity (Wildman–Crippen MR) is 60.3 cm³/mol. The van der Waals surface area contributed by atoms with Crippen LogP contribution in [0.5, 0.6) is 0 Å². The zero-order chi connectivity index (χ0) is 11.1. The minimum absolute atomic E-state index is 0.0376. The molecule has 2 fully saturated rings. The normalized spacial score (nSPS) is 33.1. The lowest BCUT2D eigenvalue weighted by molar-refractivity contribution is 0.0723. The molecule has 5 nitrogen and oxygen atoms in total. The molecule has 16 heavy (non-hydrogen) atoms. The first-order valence-corrected chi connectivity index (χ1v) is 6.29. The van der Waals surface area contributed by atoms with Gasteiger partial charge in [0.2, 0.25) is 0 Å². The summed E-state index contributed by atoms with van der Waals surface area (Å²) in [5.41, 5.74) is 0.491. The molecule has 3 atom stereocenters. The van der Waals surface area contributed by atoms with E-state index >= 15 is 0 Å². The molecule has 3 heterocycles. The predicted octanol–water partition coefficient (Wildman–Crippen LogP) is 0.218. The van der Waals surface area contributed by atoms with E-state index in [2.05, 4.69) is 21.0 Å². The van der Waals surface area contributed by atoms with Crippen molar-refractivity contribution in [2.24, 2.45) is 11.8 Å². The third-order valence-corrected chi connectivity index (χ3v) is 4.25. The van der Waals surface area contributed by atoms with E-state index in [1.807, 2.05) is 4.90 Å². The molecule has 0 spiro atoms. The maximum Gasteiger partial charge on any atom is 0.275 e. The lowest BCUT2D eigenvalue weighted by atomic mass is 9.95. The zero-order valence-electron chi connectivity index (χ0n) is 9.09. The molecule has 0 saturated carbocycles. The van der Waals surface area contributed by atoms with Gasteiger partial charge in [-0.2, -0.15) is 8.75 Å². The first-order chi connectivity index (χ1) is 7.77. The van der Waals surface area contributed by atoms with Gasteiger partial charge in [0.1, 0.15) is 0 Å². The van der Waals surface area contributed by atoms with Crippen LogP contribution in [0.1, 0.15) is 17.4 Å². The summed E-state index contributed by atoms with van der Waals surface area (Å²) in [6, 6.07) is 0.314. The molecule has 1 amide bonds. The quantitative estimate of drug-likeness (QED) is 0.760. The Labute approximate surface area is 98.2 Å². The Kier molecular flexibility index (Phi) is 2.40. The highest BCUT2D eigenvalue weighted by Crippen LogP contribution is 2.32. The number of fused-ring (bicyclic) bond motifs is 1. The van der Waals surface area contributed by atoms with Crippen molar-refractivity contribution < 1.29 is 4.79 Å². The van der Waals surface area contributed by atoms with E-state index in [0.717, 1.165) is 31.4 Å². The molecule has 2 aliphatic heterocycles. The number of nitrogens with one attached hydrogen (secondary N) is 1. The van der Waals surface area contributed by atoms with Gasteiger partial charge in [0.25, 0.3) is 5.91 Å². The third kappa shape index (κ3) is 1.44. The Bertz CT molecular complexity index is 394. The summed E-state index contributed by atoms with van der Waals surface area (Å²) < 4.78 is 7.90. The molecule has 1 aromatic rings. The van der Waals surface area contributed by atoms with Crippen molar-refractivity contribution in [2.45, 2.75) is 13.0 Å². The second-order valence-electron chi connectivity index (χ2n) is 4.57. The highest BCUT2D eigenvalue weighted by molar-refractivity contribution is 6.99. The van der Waals surface area contributed by atoms with Crippen LogP contribution in [0, 0.1) is 11.8 Å². The summed E-state index contributed by atoms with van der Waals surface area (Å²) in [5, 5.41) is 3.39. The van der Waals surface area contributed by atoms with E-state index in [9.17, 15) is 4.79 Å². The first kappa shape index (κ1) is 10.2. The number of hydrogen-bond acceptors (Lipinski definition) is 5. The van der Waals surface area contributed by atoms with Crippen molar-refractivity contribution in [1.29, 1.82) is 0 Å². The highest BCUT2D eigenvalue weighted by atomic mass is 32.1. The monoisotopic (exact) mass is 238 g/mol. The molecule has 86 valence electrons. The number of nitrogens with zero attached hydrogens (tertiary/aromatic N) is 3. The Morgan fingerprint density at radius 3 is 3.19 bits per heavy atom. The molecular weight excluding hydrogens is 224 g/mol. The summed E-state index contributed by atoms with van der Waals surface area (Å²) in [6.07, 6.45) is 1.56. The Balaban J connectivity index is 1.79. The molecule has 0 aliphatic carbocycles. The topological polar surface area (TPSA) is 58.1 Å². The van der Waals surface area contributed by atoms with Gasteiger partial charge in [0.05, 0.1) is 17.9 Å². The third-order valence-electron chi connectivity index (χ3n) is 3.78.